The van der Waals surface area contributed by atoms with Gasteiger partial charge in [-0.3, -0.25) is 4.79 Å². The average molecular weight is 330 g/mol. The third-order valence-corrected chi connectivity index (χ3v) is 8.20. The largest absolute Gasteiger partial charge is 0.465 e. The van der Waals surface area contributed by atoms with E-state index < -0.39 is 0 Å². The highest BCUT2D eigenvalue weighted by atomic mass is 32.2. The van der Waals surface area contributed by atoms with E-state index in [1.807, 2.05) is 41.8 Å². The van der Waals surface area contributed by atoms with Gasteiger partial charge in [-0.15, -0.1) is 23.1 Å². The molecular formula is C14H19NO2S3. The number of carbonyl (C=O) groups is 1. The SMILES string of the molecule is CCOC(=O)C1CCc2sc(C3SCCSC3C)nc21. The number of thiazole rings is 1. The van der Waals surface area contributed by atoms with Gasteiger partial charge < -0.3 is 4.74 Å². The van der Waals surface area contributed by atoms with Crippen LogP contribution in [0.25, 0.3) is 0 Å². The average Bonchev–Trinajstić information content (AvgIpc) is 2.99. The molecule has 110 valence electrons. The second-order valence-electron chi connectivity index (χ2n) is 5.07. The highest BCUT2D eigenvalue weighted by molar-refractivity contribution is 8.06. The lowest BCUT2D eigenvalue weighted by molar-refractivity contribution is -0.145. The zero-order valence-corrected chi connectivity index (χ0v) is 14.2. The van der Waals surface area contributed by atoms with E-state index >= 15 is 0 Å². The number of nitrogens with zero attached hydrogens (tertiary/aromatic N) is 1. The Labute approximate surface area is 132 Å². The number of rotatable bonds is 3. The summed E-state index contributed by atoms with van der Waals surface area (Å²) in [7, 11) is 0. The Bertz CT molecular complexity index is 503. The fourth-order valence-corrected chi connectivity index (χ4v) is 7.04. The first kappa shape index (κ1) is 14.7. The Morgan fingerprint density at radius 1 is 1.40 bits per heavy atom. The van der Waals surface area contributed by atoms with E-state index in [4.69, 9.17) is 9.72 Å². The number of esters is 1. The van der Waals surface area contributed by atoms with Crippen LogP contribution in [0.2, 0.25) is 0 Å². The van der Waals surface area contributed by atoms with E-state index in [0.29, 0.717) is 17.1 Å². The Balaban J connectivity index is 1.80. The van der Waals surface area contributed by atoms with Crippen molar-refractivity contribution < 1.29 is 9.53 Å². The van der Waals surface area contributed by atoms with Crippen LogP contribution in [-0.2, 0) is 16.0 Å². The van der Waals surface area contributed by atoms with Crippen molar-refractivity contribution in [3.63, 3.8) is 0 Å². The minimum Gasteiger partial charge on any atom is -0.465 e. The Morgan fingerprint density at radius 3 is 2.95 bits per heavy atom. The Hall–Kier alpha value is -0.200. The summed E-state index contributed by atoms with van der Waals surface area (Å²) in [5, 5.41) is 2.32. The second kappa shape index (κ2) is 6.28. The van der Waals surface area contributed by atoms with Crippen LogP contribution in [0, 0.1) is 0 Å². The standard InChI is InChI=1S/C14H19NO2S3/c1-3-17-14(16)9-4-5-10-11(9)15-13(20-10)12-8(2)18-6-7-19-12/h8-9,12H,3-7H2,1-2H3. The lowest BCUT2D eigenvalue weighted by Gasteiger charge is -2.26. The van der Waals surface area contributed by atoms with Crippen LogP contribution in [0.15, 0.2) is 0 Å². The lowest BCUT2D eigenvalue weighted by atomic mass is 10.1. The monoisotopic (exact) mass is 329 g/mol. The van der Waals surface area contributed by atoms with Gasteiger partial charge in [-0.1, -0.05) is 6.92 Å². The molecule has 3 atom stereocenters. The summed E-state index contributed by atoms with van der Waals surface area (Å²) in [6, 6.07) is 0. The van der Waals surface area contributed by atoms with E-state index in [2.05, 4.69) is 6.92 Å². The number of carbonyl (C=O) groups excluding carboxylic acids is 1. The smallest absolute Gasteiger partial charge is 0.315 e. The van der Waals surface area contributed by atoms with Crippen LogP contribution < -0.4 is 0 Å². The minimum absolute atomic E-state index is 0.0955. The second-order valence-corrected chi connectivity index (χ2v) is 8.92. The summed E-state index contributed by atoms with van der Waals surface area (Å²) in [4.78, 5) is 18.1. The normalized spacial score (nSPS) is 29.2. The molecule has 1 aliphatic carbocycles. The summed E-state index contributed by atoms with van der Waals surface area (Å²) in [5.41, 5.74) is 1.01. The van der Waals surface area contributed by atoms with Gasteiger partial charge in [0.1, 0.15) is 10.9 Å². The zero-order valence-electron chi connectivity index (χ0n) is 11.8. The molecule has 3 rings (SSSR count). The number of aromatic nitrogens is 1. The molecule has 1 saturated heterocycles. The lowest BCUT2D eigenvalue weighted by Crippen LogP contribution is -2.17. The first-order valence-electron chi connectivity index (χ1n) is 7.10. The van der Waals surface area contributed by atoms with Crippen molar-refractivity contribution >= 4 is 40.8 Å². The highest BCUT2D eigenvalue weighted by Gasteiger charge is 2.36. The summed E-state index contributed by atoms with van der Waals surface area (Å²) < 4.78 is 5.17. The highest BCUT2D eigenvalue weighted by Crippen LogP contribution is 2.47. The molecule has 20 heavy (non-hydrogen) atoms. The molecule has 0 N–H and O–H groups in total. The molecule has 0 aromatic carbocycles. The van der Waals surface area contributed by atoms with Crippen LogP contribution in [0.1, 0.15) is 47.0 Å². The van der Waals surface area contributed by atoms with Gasteiger partial charge in [0.25, 0.3) is 0 Å². The molecular weight excluding hydrogens is 310 g/mol. The van der Waals surface area contributed by atoms with E-state index in [0.717, 1.165) is 18.5 Å². The van der Waals surface area contributed by atoms with Crippen molar-refractivity contribution in [2.45, 2.75) is 43.1 Å². The van der Waals surface area contributed by atoms with Gasteiger partial charge in [-0.2, -0.15) is 11.8 Å². The van der Waals surface area contributed by atoms with Crippen molar-refractivity contribution in [2.24, 2.45) is 0 Å². The first-order valence-corrected chi connectivity index (χ1v) is 10.0. The van der Waals surface area contributed by atoms with E-state index in [-0.39, 0.29) is 11.9 Å². The first-order chi connectivity index (χ1) is 9.70. The molecule has 1 aromatic heterocycles. The van der Waals surface area contributed by atoms with Crippen molar-refractivity contribution in [3.8, 4) is 0 Å². The van der Waals surface area contributed by atoms with E-state index in [9.17, 15) is 4.79 Å². The minimum atomic E-state index is -0.119. The van der Waals surface area contributed by atoms with Crippen LogP contribution in [0.4, 0.5) is 0 Å². The van der Waals surface area contributed by atoms with Gasteiger partial charge in [-0.05, 0) is 19.8 Å². The Kier molecular flexibility index (Phi) is 4.62. The number of aryl methyl sites for hydroxylation is 1. The van der Waals surface area contributed by atoms with Crippen LogP contribution >= 0.6 is 34.9 Å². The van der Waals surface area contributed by atoms with Gasteiger partial charge in [0.05, 0.1) is 17.6 Å². The molecule has 0 saturated carbocycles. The number of fused-ring (bicyclic) bond motifs is 1. The van der Waals surface area contributed by atoms with Gasteiger partial charge in [-0.25, -0.2) is 4.98 Å². The maximum Gasteiger partial charge on any atom is 0.315 e. The molecule has 0 spiro atoms. The van der Waals surface area contributed by atoms with Gasteiger partial charge in [0.2, 0.25) is 0 Å². The van der Waals surface area contributed by atoms with E-state index in [1.54, 1.807) is 0 Å². The van der Waals surface area contributed by atoms with Crippen LogP contribution in [0.5, 0.6) is 0 Å². The molecule has 2 heterocycles. The molecule has 1 fully saturated rings. The fraction of sp³-hybridized carbons (Fsp3) is 0.714. The fourth-order valence-electron chi connectivity index (χ4n) is 2.74. The topological polar surface area (TPSA) is 39.2 Å². The molecule has 0 radical (unpaired) electrons. The maximum atomic E-state index is 12.0. The molecule has 0 bridgehead atoms. The number of ether oxygens (including phenoxy) is 1. The maximum absolute atomic E-state index is 12.0. The van der Waals surface area contributed by atoms with Crippen LogP contribution in [0.3, 0.4) is 0 Å². The summed E-state index contributed by atoms with van der Waals surface area (Å²) in [6.45, 7) is 4.60. The summed E-state index contributed by atoms with van der Waals surface area (Å²) in [6.07, 6.45) is 1.85. The predicted octanol–water partition coefficient (Wildman–Crippen LogP) is 3.65. The van der Waals surface area contributed by atoms with Crippen molar-refractivity contribution in [2.75, 3.05) is 18.1 Å². The predicted molar refractivity (Wildman–Crippen MR) is 86.9 cm³/mol. The Morgan fingerprint density at radius 2 is 2.20 bits per heavy atom. The third-order valence-electron chi connectivity index (χ3n) is 3.74. The molecule has 3 unspecified atom stereocenters. The summed E-state index contributed by atoms with van der Waals surface area (Å²) in [5.74, 6) is 2.22. The number of thioether (sulfide) groups is 2. The quantitative estimate of drug-likeness (QED) is 0.792. The van der Waals surface area contributed by atoms with Crippen molar-refractivity contribution in [1.82, 2.24) is 4.98 Å². The molecule has 0 amide bonds. The number of hydrogen-bond acceptors (Lipinski definition) is 6. The van der Waals surface area contributed by atoms with Crippen molar-refractivity contribution in [3.05, 3.63) is 15.6 Å². The molecule has 1 aromatic rings. The third kappa shape index (κ3) is 2.74. The molecule has 6 heteroatoms. The molecule has 1 aliphatic heterocycles. The van der Waals surface area contributed by atoms with Gasteiger partial charge >= 0.3 is 5.97 Å². The van der Waals surface area contributed by atoms with Crippen LogP contribution in [-0.4, -0.2) is 34.3 Å². The van der Waals surface area contributed by atoms with Gasteiger partial charge in [0.15, 0.2) is 0 Å². The van der Waals surface area contributed by atoms with E-state index in [1.165, 1.54) is 21.4 Å². The van der Waals surface area contributed by atoms with Gasteiger partial charge in [0, 0.05) is 21.6 Å². The summed E-state index contributed by atoms with van der Waals surface area (Å²) >= 11 is 5.86. The molecule has 2 aliphatic rings. The number of hydrogen-bond donors (Lipinski definition) is 0. The zero-order chi connectivity index (χ0) is 14.1. The molecule has 3 nitrogen and oxygen atoms in total. The van der Waals surface area contributed by atoms with Crippen molar-refractivity contribution in [1.29, 1.82) is 0 Å².